The predicted molar refractivity (Wildman–Crippen MR) is 136 cm³/mol. The lowest BCUT2D eigenvalue weighted by Crippen LogP contribution is -2.13. The fourth-order valence-corrected chi connectivity index (χ4v) is 3.68. The summed E-state index contributed by atoms with van der Waals surface area (Å²) in [6, 6.07) is 20.4. The highest BCUT2D eigenvalue weighted by Gasteiger charge is 2.12. The first kappa shape index (κ1) is 24.7. The van der Waals surface area contributed by atoms with Gasteiger partial charge in [0.2, 0.25) is 0 Å². The summed E-state index contributed by atoms with van der Waals surface area (Å²) in [6.45, 7) is 2.54. The van der Waals surface area contributed by atoms with Crippen LogP contribution in [0.25, 0.3) is 6.08 Å². The summed E-state index contributed by atoms with van der Waals surface area (Å²) in [7, 11) is 0. The first-order chi connectivity index (χ1) is 16.4. The third-order valence-electron chi connectivity index (χ3n) is 4.55. The predicted octanol–water partition coefficient (Wildman–Crippen LogP) is 5.72. The average molecular weight is 569 g/mol. The Bertz CT molecular complexity index is 1280. The summed E-state index contributed by atoms with van der Waals surface area (Å²) < 4.78 is 12.0. The molecular formula is C25H20IN3O5. The van der Waals surface area contributed by atoms with Crippen molar-refractivity contribution in [1.82, 2.24) is 0 Å². The number of benzene rings is 3. The van der Waals surface area contributed by atoms with Gasteiger partial charge >= 0.3 is 0 Å². The van der Waals surface area contributed by atoms with Gasteiger partial charge in [-0.05, 0) is 71.0 Å². The Morgan fingerprint density at radius 1 is 1.15 bits per heavy atom. The van der Waals surface area contributed by atoms with Gasteiger partial charge in [-0.25, -0.2) is 0 Å². The standard InChI is InChI=1S/C25H20IN3O5/c1-2-33-22-8-4-6-20(14-22)28-25(30)19(15-27)11-17-9-10-24(23(26)13-17)34-16-18-5-3-7-21(12-18)29(31)32/h3-14H,2,16H2,1H3,(H,28,30)/b19-11-. The van der Waals surface area contributed by atoms with Gasteiger partial charge in [0.05, 0.1) is 15.1 Å². The Morgan fingerprint density at radius 3 is 2.65 bits per heavy atom. The van der Waals surface area contributed by atoms with Crippen LogP contribution in [0.5, 0.6) is 11.5 Å². The molecule has 0 unspecified atom stereocenters. The van der Waals surface area contributed by atoms with Crippen LogP contribution in [0.15, 0.2) is 72.3 Å². The normalized spacial score (nSPS) is 10.8. The zero-order valence-corrected chi connectivity index (χ0v) is 20.3. The van der Waals surface area contributed by atoms with Gasteiger partial charge in [0.1, 0.15) is 29.7 Å². The van der Waals surface area contributed by atoms with E-state index in [1.807, 2.05) is 13.0 Å². The number of rotatable bonds is 9. The van der Waals surface area contributed by atoms with Gasteiger partial charge < -0.3 is 14.8 Å². The van der Waals surface area contributed by atoms with Crippen LogP contribution in [0, 0.1) is 25.0 Å². The second kappa shape index (κ2) is 11.8. The number of carbonyl (C=O) groups is 1. The van der Waals surface area contributed by atoms with Crippen molar-refractivity contribution in [2.45, 2.75) is 13.5 Å². The molecule has 1 N–H and O–H groups in total. The Balaban J connectivity index is 1.69. The van der Waals surface area contributed by atoms with E-state index < -0.39 is 10.8 Å². The summed E-state index contributed by atoms with van der Waals surface area (Å²) in [6.07, 6.45) is 1.49. The Kier molecular flexibility index (Phi) is 8.59. The van der Waals surface area contributed by atoms with Gasteiger partial charge in [-0.1, -0.05) is 24.3 Å². The quantitative estimate of drug-likeness (QED) is 0.116. The maximum absolute atomic E-state index is 12.6. The lowest BCUT2D eigenvalue weighted by atomic mass is 10.1. The molecule has 0 fully saturated rings. The molecule has 3 aromatic rings. The molecule has 0 aliphatic heterocycles. The van der Waals surface area contributed by atoms with Crippen LogP contribution in [0.2, 0.25) is 0 Å². The van der Waals surface area contributed by atoms with Crippen molar-refractivity contribution in [1.29, 1.82) is 5.26 Å². The van der Waals surface area contributed by atoms with E-state index in [2.05, 4.69) is 27.9 Å². The molecule has 0 saturated carbocycles. The van der Waals surface area contributed by atoms with Gasteiger partial charge in [0, 0.05) is 23.9 Å². The van der Waals surface area contributed by atoms with Gasteiger partial charge in [0.15, 0.2) is 0 Å². The minimum atomic E-state index is -0.530. The number of nitrogens with zero attached hydrogens (tertiary/aromatic N) is 2. The molecule has 3 rings (SSSR count). The average Bonchev–Trinajstić information content (AvgIpc) is 2.82. The lowest BCUT2D eigenvalue weighted by Gasteiger charge is -2.10. The largest absolute Gasteiger partial charge is 0.494 e. The van der Waals surface area contributed by atoms with Crippen LogP contribution in [0.3, 0.4) is 0 Å². The third kappa shape index (κ3) is 6.79. The Morgan fingerprint density at radius 2 is 1.94 bits per heavy atom. The fraction of sp³-hybridized carbons (Fsp3) is 0.120. The number of anilines is 1. The summed E-state index contributed by atoms with van der Waals surface area (Å²) in [5.74, 6) is 0.676. The summed E-state index contributed by atoms with van der Waals surface area (Å²) in [5, 5.41) is 23.1. The molecule has 0 heterocycles. The van der Waals surface area contributed by atoms with Crippen molar-refractivity contribution < 1.29 is 19.2 Å². The number of hydrogen-bond acceptors (Lipinski definition) is 6. The smallest absolute Gasteiger partial charge is 0.269 e. The van der Waals surface area contributed by atoms with Crippen LogP contribution in [-0.2, 0) is 11.4 Å². The van der Waals surface area contributed by atoms with Crippen LogP contribution in [0.1, 0.15) is 18.1 Å². The minimum Gasteiger partial charge on any atom is -0.494 e. The molecular weight excluding hydrogens is 549 g/mol. The van der Waals surface area contributed by atoms with E-state index in [0.717, 1.165) is 3.57 Å². The van der Waals surface area contributed by atoms with Crippen molar-refractivity contribution in [3.63, 3.8) is 0 Å². The monoisotopic (exact) mass is 569 g/mol. The third-order valence-corrected chi connectivity index (χ3v) is 5.39. The topological polar surface area (TPSA) is 114 Å². The van der Waals surface area contributed by atoms with E-state index in [0.29, 0.717) is 34.9 Å². The van der Waals surface area contributed by atoms with Crippen LogP contribution < -0.4 is 14.8 Å². The number of ether oxygens (including phenoxy) is 2. The first-order valence-electron chi connectivity index (χ1n) is 10.2. The summed E-state index contributed by atoms with van der Waals surface area (Å²) >= 11 is 2.09. The van der Waals surface area contributed by atoms with E-state index in [1.54, 1.807) is 54.6 Å². The first-order valence-corrected chi connectivity index (χ1v) is 11.3. The number of halogens is 1. The molecule has 8 nitrogen and oxygen atoms in total. The van der Waals surface area contributed by atoms with Gasteiger partial charge in [-0.2, -0.15) is 5.26 Å². The molecule has 9 heteroatoms. The number of nitriles is 1. The SMILES string of the molecule is CCOc1cccc(NC(=O)/C(C#N)=C\c2ccc(OCc3cccc([N+](=O)[O-])c3)c(I)c2)c1. The van der Waals surface area contributed by atoms with Crippen LogP contribution in [0.4, 0.5) is 11.4 Å². The molecule has 0 saturated heterocycles. The Labute approximate surface area is 210 Å². The van der Waals surface area contributed by atoms with Gasteiger partial charge in [0.25, 0.3) is 11.6 Å². The molecule has 3 aromatic carbocycles. The molecule has 0 atom stereocenters. The highest BCUT2D eigenvalue weighted by molar-refractivity contribution is 14.1. The number of nitro groups is 1. The number of non-ortho nitro benzene ring substituents is 1. The number of carbonyl (C=O) groups excluding carboxylic acids is 1. The highest BCUT2D eigenvalue weighted by Crippen LogP contribution is 2.25. The molecule has 172 valence electrons. The van der Waals surface area contributed by atoms with E-state index in [9.17, 15) is 20.2 Å². The zero-order chi connectivity index (χ0) is 24.5. The van der Waals surface area contributed by atoms with Crippen molar-refractivity contribution >= 4 is 45.9 Å². The molecule has 0 aliphatic rings. The van der Waals surface area contributed by atoms with Crippen molar-refractivity contribution in [3.05, 3.63) is 97.1 Å². The maximum Gasteiger partial charge on any atom is 0.269 e. The van der Waals surface area contributed by atoms with Crippen molar-refractivity contribution in [2.24, 2.45) is 0 Å². The number of nitrogens with one attached hydrogen (secondary N) is 1. The summed E-state index contributed by atoms with van der Waals surface area (Å²) in [4.78, 5) is 23.1. The second-order valence-corrected chi connectivity index (χ2v) is 8.15. The maximum atomic E-state index is 12.6. The van der Waals surface area contributed by atoms with E-state index >= 15 is 0 Å². The molecule has 0 bridgehead atoms. The van der Waals surface area contributed by atoms with E-state index in [-0.39, 0.29) is 17.9 Å². The number of hydrogen-bond donors (Lipinski definition) is 1. The van der Waals surface area contributed by atoms with Crippen molar-refractivity contribution in [2.75, 3.05) is 11.9 Å². The molecule has 34 heavy (non-hydrogen) atoms. The van der Waals surface area contributed by atoms with E-state index in [1.165, 1.54) is 18.2 Å². The van der Waals surface area contributed by atoms with Gasteiger partial charge in [-0.3, -0.25) is 14.9 Å². The van der Waals surface area contributed by atoms with Crippen LogP contribution >= 0.6 is 22.6 Å². The molecule has 0 radical (unpaired) electrons. The number of amides is 1. The summed E-state index contributed by atoms with van der Waals surface area (Å²) in [5.41, 5.74) is 1.80. The number of nitro benzene ring substituents is 1. The van der Waals surface area contributed by atoms with Crippen LogP contribution in [-0.4, -0.2) is 17.4 Å². The lowest BCUT2D eigenvalue weighted by molar-refractivity contribution is -0.384. The molecule has 1 amide bonds. The Hall–Kier alpha value is -3.91. The van der Waals surface area contributed by atoms with Crippen molar-refractivity contribution in [3.8, 4) is 17.6 Å². The molecule has 0 spiro atoms. The second-order valence-electron chi connectivity index (χ2n) is 6.99. The fourth-order valence-electron chi connectivity index (χ4n) is 2.99. The highest BCUT2D eigenvalue weighted by atomic mass is 127. The minimum absolute atomic E-state index is 0.00297. The van der Waals surface area contributed by atoms with E-state index in [4.69, 9.17) is 9.47 Å². The zero-order valence-electron chi connectivity index (χ0n) is 18.2. The molecule has 0 aromatic heterocycles. The molecule has 0 aliphatic carbocycles. The van der Waals surface area contributed by atoms with Gasteiger partial charge in [-0.15, -0.1) is 0 Å².